The van der Waals surface area contributed by atoms with Gasteiger partial charge in [0.25, 0.3) is 15.9 Å². The molecule has 1 aliphatic heterocycles. The fraction of sp³-hybridized carbons (Fsp3) is 0.233. The second-order valence-corrected chi connectivity index (χ2v) is 12.0. The maximum atomic E-state index is 14.6. The zero-order chi connectivity index (χ0) is 29.6. The zero-order valence-electron chi connectivity index (χ0n) is 23.3. The minimum atomic E-state index is -3.99. The monoisotopic (exact) mass is 588 g/mol. The molecule has 0 atom stereocenters. The number of nitrogens with one attached hydrogen (secondary N) is 1. The van der Waals surface area contributed by atoms with Crippen molar-refractivity contribution in [1.82, 2.24) is 24.6 Å². The molecule has 10 nitrogen and oxygen atoms in total. The highest BCUT2D eigenvalue weighted by Gasteiger charge is 2.36. The quantitative estimate of drug-likeness (QED) is 0.294. The van der Waals surface area contributed by atoms with Crippen molar-refractivity contribution in [2.45, 2.75) is 31.3 Å². The number of anilines is 1. The normalized spacial score (nSPS) is 13.0. The molecule has 0 saturated carbocycles. The number of hydrogen-bond acceptors (Lipinski definition) is 6. The van der Waals surface area contributed by atoms with Crippen molar-refractivity contribution < 1.29 is 22.3 Å². The molecule has 3 aromatic heterocycles. The van der Waals surface area contributed by atoms with E-state index in [0.29, 0.717) is 40.8 Å². The van der Waals surface area contributed by atoms with Gasteiger partial charge >= 0.3 is 0 Å². The van der Waals surface area contributed by atoms with E-state index in [1.165, 1.54) is 21.0 Å². The molecule has 0 bridgehead atoms. The molecule has 12 heteroatoms. The summed E-state index contributed by atoms with van der Waals surface area (Å²) in [6.45, 7) is 2.34. The lowest BCUT2D eigenvalue weighted by atomic mass is 10.1. The minimum Gasteiger partial charge on any atom is -0.497 e. The number of fused-ring (bicyclic) bond motifs is 2. The van der Waals surface area contributed by atoms with Crippen LogP contribution in [0.1, 0.15) is 33.0 Å². The number of carbonyl (C=O) groups excluding carboxylic acids is 1. The molecule has 0 radical (unpaired) electrons. The van der Waals surface area contributed by atoms with E-state index >= 15 is 0 Å². The van der Waals surface area contributed by atoms with Gasteiger partial charge in [0.2, 0.25) is 0 Å². The molecular weight excluding hydrogens is 559 g/mol. The summed E-state index contributed by atoms with van der Waals surface area (Å²) in [5.41, 5.74) is 3.86. The van der Waals surface area contributed by atoms with Crippen molar-refractivity contribution in [2.75, 3.05) is 18.0 Å². The summed E-state index contributed by atoms with van der Waals surface area (Å²) in [7, 11) is -0.751. The van der Waals surface area contributed by atoms with E-state index in [2.05, 4.69) is 15.4 Å². The molecule has 0 spiro atoms. The summed E-state index contributed by atoms with van der Waals surface area (Å²) in [6, 6.07) is 15.4. The van der Waals surface area contributed by atoms with Crippen molar-refractivity contribution in [2.24, 2.45) is 7.05 Å². The van der Waals surface area contributed by atoms with Gasteiger partial charge in [-0.1, -0.05) is 18.2 Å². The zero-order valence-corrected chi connectivity index (χ0v) is 24.2. The molecule has 0 fully saturated rings. The third-order valence-electron chi connectivity index (χ3n) is 7.79. The van der Waals surface area contributed by atoms with Crippen LogP contribution in [0, 0.1) is 12.7 Å². The van der Waals surface area contributed by atoms with Crippen molar-refractivity contribution in [3.05, 3.63) is 101 Å². The van der Waals surface area contributed by atoms with E-state index < -0.39 is 21.7 Å². The molecule has 216 valence electrons. The smallest absolute Gasteiger partial charge is 0.268 e. The first-order valence-corrected chi connectivity index (χ1v) is 14.8. The number of sulfonamides is 1. The largest absolute Gasteiger partial charge is 0.497 e. The lowest BCUT2D eigenvalue weighted by molar-refractivity contribution is 0.0942. The van der Waals surface area contributed by atoms with E-state index in [-0.39, 0.29) is 23.7 Å². The Kier molecular flexibility index (Phi) is 6.93. The van der Waals surface area contributed by atoms with Crippen LogP contribution in [-0.2, 0) is 36.6 Å². The summed E-state index contributed by atoms with van der Waals surface area (Å²) in [4.78, 5) is 17.5. The summed E-state index contributed by atoms with van der Waals surface area (Å²) >= 11 is 0. The second kappa shape index (κ2) is 10.6. The first kappa shape index (κ1) is 27.5. The molecule has 1 amide bonds. The van der Waals surface area contributed by atoms with Crippen molar-refractivity contribution in [3.8, 4) is 5.75 Å². The van der Waals surface area contributed by atoms with Crippen LogP contribution >= 0.6 is 0 Å². The van der Waals surface area contributed by atoms with Gasteiger partial charge in [-0.15, -0.1) is 0 Å². The van der Waals surface area contributed by atoms with Crippen molar-refractivity contribution in [1.29, 1.82) is 0 Å². The average Bonchev–Trinajstić information content (AvgIpc) is 3.68. The molecule has 6 rings (SSSR count). The van der Waals surface area contributed by atoms with Gasteiger partial charge in [0.05, 0.1) is 36.7 Å². The van der Waals surface area contributed by atoms with E-state index in [1.807, 2.05) is 28.9 Å². The number of methoxy groups -OCH3 is 1. The number of benzene rings is 2. The van der Waals surface area contributed by atoms with Crippen LogP contribution in [0.2, 0.25) is 0 Å². The SMILES string of the molecule is COc1ccc(Cn2ncc3c2CCN3S(=O)(=O)c2cc(C(=O)NCc3c(F)ccc4ncccc34)n(C)c2C)cc1. The second-order valence-electron chi connectivity index (χ2n) is 10.1. The highest BCUT2D eigenvalue weighted by Crippen LogP contribution is 2.35. The Balaban J connectivity index is 1.23. The standard InChI is InChI=1S/C30H29FN6O4S/c1-19-29(15-27(35(19)2)30(38)33-16-23-22-5-4-13-32-25(22)11-10-24(23)31)42(39,40)37-14-12-26-28(37)17-34-36(26)18-20-6-8-21(41-3)9-7-20/h4-11,13,15,17H,12,14,16,18H2,1-3H3,(H,33,38). The Hall–Kier alpha value is -4.71. The van der Waals surface area contributed by atoms with Crippen molar-refractivity contribution in [3.63, 3.8) is 0 Å². The highest BCUT2D eigenvalue weighted by atomic mass is 32.2. The fourth-order valence-corrected chi connectivity index (χ4v) is 7.13. The van der Waals surface area contributed by atoms with Gasteiger partial charge in [-0.2, -0.15) is 5.10 Å². The van der Waals surface area contributed by atoms with Gasteiger partial charge in [-0.05, 0) is 48.9 Å². The number of pyridine rings is 1. The van der Waals surface area contributed by atoms with Crippen LogP contribution in [-0.4, -0.2) is 47.3 Å². The first-order valence-electron chi connectivity index (χ1n) is 13.4. The molecule has 1 N–H and O–H groups in total. The number of hydrogen-bond donors (Lipinski definition) is 1. The molecule has 1 aliphatic rings. The topological polar surface area (TPSA) is 111 Å². The van der Waals surface area contributed by atoms with E-state index in [9.17, 15) is 17.6 Å². The fourth-order valence-electron chi connectivity index (χ4n) is 5.38. The number of rotatable bonds is 8. The van der Waals surface area contributed by atoms with Crippen LogP contribution in [0.3, 0.4) is 0 Å². The lowest BCUT2D eigenvalue weighted by Gasteiger charge is -2.17. The third kappa shape index (κ3) is 4.67. The third-order valence-corrected chi connectivity index (χ3v) is 9.72. The number of halogens is 1. The van der Waals surface area contributed by atoms with E-state index in [4.69, 9.17) is 4.74 Å². The lowest BCUT2D eigenvalue weighted by Crippen LogP contribution is -2.29. The number of aromatic nitrogens is 4. The van der Waals surface area contributed by atoms with Gasteiger partial charge < -0.3 is 14.6 Å². The van der Waals surface area contributed by atoms with Crippen LogP contribution < -0.4 is 14.4 Å². The molecular formula is C30H29FN6O4S. The summed E-state index contributed by atoms with van der Waals surface area (Å²) in [5, 5.41) is 7.80. The Morgan fingerprint density at radius 3 is 2.69 bits per heavy atom. The molecule has 42 heavy (non-hydrogen) atoms. The Bertz CT molecular complexity index is 1930. The molecule has 0 aliphatic carbocycles. The number of ether oxygens (including phenoxy) is 1. The number of amides is 1. The van der Waals surface area contributed by atoms with Gasteiger partial charge in [-0.25, -0.2) is 12.8 Å². The first-order chi connectivity index (χ1) is 20.2. The van der Waals surface area contributed by atoms with Gasteiger partial charge in [0.15, 0.2) is 0 Å². The van der Waals surface area contributed by atoms with Gasteiger partial charge in [0, 0.05) is 49.4 Å². The van der Waals surface area contributed by atoms with E-state index in [0.717, 1.165) is 17.0 Å². The van der Waals surface area contributed by atoms with Gasteiger partial charge in [0.1, 0.15) is 22.2 Å². The van der Waals surface area contributed by atoms with Gasteiger partial charge in [-0.3, -0.25) is 18.8 Å². The van der Waals surface area contributed by atoms with Crippen LogP contribution in [0.5, 0.6) is 5.75 Å². The summed E-state index contributed by atoms with van der Waals surface area (Å²) < 4.78 is 52.3. The molecule has 2 aromatic carbocycles. The molecule has 5 aromatic rings. The molecule has 0 unspecified atom stereocenters. The molecule has 4 heterocycles. The predicted octanol–water partition coefficient (Wildman–Crippen LogP) is 3.96. The van der Waals surface area contributed by atoms with Crippen molar-refractivity contribution >= 4 is 32.5 Å². The molecule has 0 saturated heterocycles. The summed E-state index contributed by atoms with van der Waals surface area (Å²) in [6.07, 6.45) is 3.70. The predicted molar refractivity (Wildman–Crippen MR) is 156 cm³/mol. The average molecular weight is 589 g/mol. The van der Waals surface area contributed by atoms with Crippen LogP contribution in [0.15, 0.2) is 71.9 Å². The highest BCUT2D eigenvalue weighted by molar-refractivity contribution is 7.93. The Morgan fingerprint density at radius 2 is 1.93 bits per heavy atom. The van der Waals surface area contributed by atoms with E-state index in [1.54, 1.807) is 51.7 Å². The van der Waals surface area contributed by atoms with Crippen LogP contribution in [0.4, 0.5) is 10.1 Å². The maximum Gasteiger partial charge on any atom is 0.268 e. The number of nitrogens with zero attached hydrogens (tertiary/aromatic N) is 5. The maximum absolute atomic E-state index is 14.6. The Morgan fingerprint density at radius 1 is 1.14 bits per heavy atom. The number of carbonyl (C=O) groups is 1. The Labute approximate surface area is 242 Å². The van der Waals surface area contributed by atoms with Crippen LogP contribution in [0.25, 0.3) is 10.9 Å². The summed E-state index contributed by atoms with van der Waals surface area (Å²) in [5.74, 6) is -0.220. The minimum absolute atomic E-state index is 0.0337.